The van der Waals surface area contributed by atoms with E-state index in [0.717, 1.165) is 43.7 Å². The maximum absolute atomic E-state index is 14.3. The van der Waals surface area contributed by atoms with E-state index in [9.17, 15) is 4.79 Å². The van der Waals surface area contributed by atoms with Gasteiger partial charge in [-0.1, -0.05) is 56.2 Å². The van der Waals surface area contributed by atoms with Crippen molar-refractivity contribution in [2.45, 2.75) is 57.9 Å². The number of rotatable bonds is 7. The minimum absolute atomic E-state index is 0.283. The lowest BCUT2D eigenvalue weighted by Crippen LogP contribution is -2.61. The van der Waals surface area contributed by atoms with E-state index < -0.39 is 5.54 Å². The molecule has 3 nitrogen and oxygen atoms in total. The number of likely N-dealkylation sites (tertiary alicyclic amines) is 1. The van der Waals surface area contributed by atoms with E-state index in [4.69, 9.17) is 4.74 Å². The molecule has 1 aliphatic heterocycles. The van der Waals surface area contributed by atoms with Crippen molar-refractivity contribution in [3.05, 3.63) is 71.8 Å². The van der Waals surface area contributed by atoms with Gasteiger partial charge in [0.2, 0.25) is 0 Å². The normalized spacial score (nSPS) is 24.5. The lowest BCUT2D eigenvalue weighted by molar-refractivity contribution is 0.0174. The van der Waals surface area contributed by atoms with Gasteiger partial charge in [-0.3, -0.25) is 9.69 Å². The molecule has 3 heteroatoms. The van der Waals surface area contributed by atoms with E-state index in [-0.39, 0.29) is 5.78 Å². The molecule has 2 aliphatic rings. The van der Waals surface area contributed by atoms with Crippen LogP contribution in [0.5, 0.6) is 5.75 Å². The summed E-state index contributed by atoms with van der Waals surface area (Å²) < 4.78 is 5.61. The highest BCUT2D eigenvalue weighted by molar-refractivity contribution is 6.05. The Labute approximate surface area is 187 Å². The summed E-state index contributed by atoms with van der Waals surface area (Å²) in [6.07, 6.45) is 8.77. The molecule has 0 spiro atoms. The predicted molar refractivity (Wildman–Crippen MR) is 128 cm³/mol. The van der Waals surface area contributed by atoms with Gasteiger partial charge in [0.1, 0.15) is 5.75 Å². The largest absolute Gasteiger partial charge is 0.494 e. The van der Waals surface area contributed by atoms with Crippen molar-refractivity contribution in [3.63, 3.8) is 0 Å². The summed E-state index contributed by atoms with van der Waals surface area (Å²) in [5.74, 6) is 1.44. The molecule has 1 heterocycles. The van der Waals surface area contributed by atoms with E-state index in [0.29, 0.717) is 12.5 Å². The van der Waals surface area contributed by atoms with Crippen LogP contribution in [0.4, 0.5) is 0 Å². The smallest absolute Gasteiger partial charge is 0.183 e. The highest BCUT2D eigenvalue weighted by Gasteiger charge is 2.51. The molecule has 164 valence electrons. The van der Waals surface area contributed by atoms with Crippen molar-refractivity contribution in [1.29, 1.82) is 0 Å². The van der Waals surface area contributed by atoms with Crippen molar-refractivity contribution in [1.82, 2.24) is 4.90 Å². The van der Waals surface area contributed by atoms with Crippen LogP contribution in [0.2, 0.25) is 0 Å². The molecule has 2 unspecified atom stereocenters. The molecule has 0 radical (unpaired) electrons. The van der Waals surface area contributed by atoms with Crippen LogP contribution in [-0.4, -0.2) is 35.9 Å². The van der Waals surface area contributed by atoms with Gasteiger partial charge in [0.05, 0.1) is 12.1 Å². The summed E-state index contributed by atoms with van der Waals surface area (Å²) >= 11 is 0. The SMILES string of the molecule is CCOc1ccc(C(=O)C2(N3CCCCC3)CC(c3ccccc3)=CCC2CC)cc1. The number of nitrogens with zero attached hydrogens (tertiary/aromatic N) is 1. The highest BCUT2D eigenvalue weighted by atomic mass is 16.5. The van der Waals surface area contributed by atoms with Crippen LogP contribution >= 0.6 is 0 Å². The maximum Gasteiger partial charge on any atom is 0.183 e. The van der Waals surface area contributed by atoms with E-state index in [1.807, 2.05) is 31.2 Å². The second-order valence-electron chi connectivity index (χ2n) is 8.87. The summed E-state index contributed by atoms with van der Waals surface area (Å²) in [6.45, 7) is 6.89. The number of hydrogen-bond donors (Lipinski definition) is 0. The number of carbonyl (C=O) groups excluding carboxylic acids is 1. The summed E-state index contributed by atoms with van der Waals surface area (Å²) in [6, 6.07) is 18.4. The topological polar surface area (TPSA) is 29.5 Å². The van der Waals surface area contributed by atoms with E-state index in [1.165, 1.54) is 30.4 Å². The van der Waals surface area contributed by atoms with Crippen LogP contribution < -0.4 is 4.74 Å². The lowest BCUT2D eigenvalue weighted by atomic mass is 9.65. The average Bonchev–Trinajstić information content (AvgIpc) is 2.85. The first-order chi connectivity index (χ1) is 15.2. The molecule has 0 aromatic heterocycles. The van der Waals surface area contributed by atoms with Crippen molar-refractivity contribution in [3.8, 4) is 5.75 Å². The number of Topliss-reactive ketones (excluding diaryl/α,β-unsaturated/α-hetero) is 1. The van der Waals surface area contributed by atoms with Gasteiger partial charge in [0.25, 0.3) is 0 Å². The van der Waals surface area contributed by atoms with Crippen LogP contribution in [-0.2, 0) is 0 Å². The van der Waals surface area contributed by atoms with Crippen molar-refractivity contribution in [2.75, 3.05) is 19.7 Å². The lowest BCUT2D eigenvalue weighted by Gasteiger charge is -2.51. The van der Waals surface area contributed by atoms with Gasteiger partial charge in [-0.25, -0.2) is 0 Å². The third-order valence-corrected chi connectivity index (χ3v) is 7.16. The molecule has 4 rings (SSSR count). The number of piperidine rings is 1. The third-order valence-electron chi connectivity index (χ3n) is 7.16. The molecule has 0 amide bonds. The Balaban J connectivity index is 1.76. The molecular weight excluding hydrogens is 382 g/mol. The zero-order chi connectivity index (χ0) is 21.7. The van der Waals surface area contributed by atoms with Crippen molar-refractivity contribution >= 4 is 11.4 Å². The molecule has 31 heavy (non-hydrogen) atoms. The maximum atomic E-state index is 14.3. The van der Waals surface area contributed by atoms with Gasteiger partial charge in [-0.15, -0.1) is 0 Å². The fraction of sp³-hybridized carbons (Fsp3) is 0.464. The van der Waals surface area contributed by atoms with Gasteiger partial charge in [-0.2, -0.15) is 0 Å². The summed E-state index contributed by atoms with van der Waals surface area (Å²) in [7, 11) is 0. The zero-order valence-corrected chi connectivity index (χ0v) is 19.0. The fourth-order valence-electron chi connectivity index (χ4n) is 5.55. The Morgan fingerprint density at radius 3 is 2.35 bits per heavy atom. The number of benzene rings is 2. The molecule has 2 aromatic carbocycles. The van der Waals surface area contributed by atoms with Crippen molar-refractivity contribution in [2.24, 2.45) is 5.92 Å². The van der Waals surface area contributed by atoms with Gasteiger partial charge < -0.3 is 4.74 Å². The Morgan fingerprint density at radius 1 is 1.00 bits per heavy atom. The van der Waals surface area contributed by atoms with E-state index in [2.05, 4.69) is 48.2 Å². The second kappa shape index (κ2) is 9.82. The van der Waals surface area contributed by atoms with E-state index >= 15 is 0 Å². The minimum Gasteiger partial charge on any atom is -0.494 e. The van der Waals surface area contributed by atoms with Crippen LogP contribution in [0.3, 0.4) is 0 Å². The quantitative estimate of drug-likeness (QED) is 0.488. The molecule has 0 saturated carbocycles. The van der Waals surface area contributed by atoms with Gasteiger partial charge in [0, 0.05) is 5.56 Å². The van der Waals surface area contributed by atoms with Gasteiger partial charge >= 0.3 is 0 Å². The van der Waals surface area contributed by atoms with Crippen LogP contribution in [0, 0.1) is 5.92 Å². The standard InChI is InChI=1S/C28H35NO2/c1-3-25-16-13-24(22-11-7-5-8-12-22)21-28(25,29-19-9-6-10-20-29)27(30)23-14-17-26(18-15-23)31-4-2/h5,7-8,11-15,17-18,25H,3-4,6,9-10,16,19-21H2,1-2H3. The van der Waals surface area contributed by atoms with E-state index in [1.54, 1.807) is 0 Å². The number of carbonyl (C=O) groups is 1. The summed E-state index contributed by atoms with van der Waals surface area (Å²) in [5, 5.41) is 0. The fourth-order valence-corrected chi connectivity index (χ4v) is 5.55. The van der Waals surface area contributed by atoms with Crippen LogP contribution in [0.15, 0.2) is 60.7 Å². The molecule has 1 saturated heterocycles. The number of allylic oxidation sites excluding steroid dienone is 1. The zero-order valence-electron chi connectivity index (χ0n) is 19.0. The average molecular weight is 418 g/mol. The van der Waals surface area contributed by atoms with Crippen LogP contribution in [0.1, 0.15) is 68.3 Å². The third kappa shape index (κ3) is 4.34. The molecule has 2 aromatic rings. The van der Waals surface area contributed by atoms with Crippen LogP contribution in [0.25, 0.3) is 5.57 Å². The number of ketones is 1. The Kier molecular flexibility index (Phi) is 6.92. The molecule has 1 aliphatic carbocycles. The molecular formula is C28H35NO2. The Bertz CT molecular complexity index is 896. The summed E-state index contributed by atoms with van der Waals surface area (Å²) in [4.78, 5) is 16.9. The van der Waals surface area contributed by atoms with Gasteiger partial charge in [0.15, 0.2) is 5.78 Å². The molecule has 0 bridgehead atoms. The first kappa shape index (κ1) is 21.8. The van der Waals surface area contributed by atoms with Crippen molar-refractivity contribution < 1.29 is 9.53 Å². The second-order valence-corrected chi connectivity index (χ2v) is 8.87. The summed E-state index contributed by atoms with van der Waals surface area (Å²) in [5.41, 5.74) is 2.90. The molecule has 1 fully saturated rings. The molecule has 0 N–H and O–H groups in total. The van der Waals surface area contributed by atoms with Gasteiger partial charge in [-0.05, 0) is 87.0 Å². The Morgan fingerprint density at radius 2 is 1.71 bits per heavy atom. The molecule has 2 atom stereocenters. The number of hydrogen-bond acceptors (Lipinski definition) is 3. The highest BCUT2D eigenvalue weighted by Crippen LogP contribution is 2.46. The first-order valence-corrected chi connectivity index (χ1v) is 12.0. The Hall–Kier alpha value is -2.39. The first-order valence-electron chi connectivity index (χ1n) is 12.0. The minimum atomic E-state index is -0.470. The predicted octanol–water partition coefficient (Wildman–Crippen LogP) is 6.40. The number of ether oxygens (including phenoxy) is 1. The monoisotopic (exact) mass is 417 g/mol.